The predicted octanol–water partition coefficient (Wildman–Crippen LogP) is 2.99. The van der Waals surface area contributed by atoms with Crippen LogP contribution in [0.5, 0.6) is 0 Å². The molecule has 4 nitrogen and oxygen atoms in total. The monoisotopic (exact) mass is 362 g/mol. The minimum atomic E-state index is -3.47. The standard InChI is InChI=1S/C19H23FN2O2S/c1-3-15-4-5-17(14-19(15)20)16-6-8-18(9-7-16)25(23,24)22-12-10-21(2)11-13-22/h4-9,14H,3,10-13H2,1-2H3. The maximum absolute atomic E-state index is 14.0. The highest BCUT2D eigenvalue weighted by Gasteiger charge is 2.27. The molecule has 25 heavy (non-hydrogen) atoms. The number of hydrogen-bond donors (Lipinski definition) is 0. The van der Waals surface area contributed by atoms with E-state index >= 15 is 0 Å². The Bertz CT molecular complexity index is 842. The zero-order valence-corrected chi connectivity index (χ0v) is 15.4. The second-order valence-corrected chi connectivity index (χ2v) is 8.33. The van der Waals surface area contributed by atoms with Crippen molar-refractivity contribution >= 4 is 10.0 Å². The van der Waals surface area contributed by atoms with Crippen LogP contribution in [0.1, 0.15) is 12.5 Å². The first kappa shape index (κ1) is 18.0. The van der Waals surface area contributed by atoms with E-state index in [1.807, 2.05) is 20.0 Å². The van der Waals surface area contributed by atoms with Crippen molar-refractivity contribution in [3.63, 3.8) is 0 Å². The third kappa shape index (κ3) is 3.76. The lowest BCUT2D eigenvalue weighted by Crippen LogP contribution is -2.46. The molecule has 1 aliphatic rings. The van der Waals surface area contributed by atoms with E-state index in [2.05, 4.69) is 4.90 Å². The van der Waals surface area contributed by atoms with Crippen molar-refractivity contribution < 1.29 is 12.8 Å². The Morgan fingerprint density at radius 1 is 0.960 bits per heavy atom. The van der Waals surface area contributed by atoms with Crippen LogP contribution < -0.4 is 0 Å². The van der Waals surface area contributed by atoms with Crippen LogP contribution in [0, 0.1) is 5.82 Å². The first-order valence-electron chi connectivity index (χ1n) is 8.49. The largest absolute Gasteiger partial charge is 0.304 e. The van der Waals surface area contributed by atoms with Crippen molar-refractivity contribution in [2.75, 3.05) is 33.2 Å². The van der Waals surface area contributed by atoms with Gasteiger partial charge in [-0.25, -0.2) is 12.8 Å². The molecular weight excluding hydrogens is 339 g/mol. The van der Waals surface area contributed by atoms with E-state index in [1.54, 1.807) is 30.3 Å². The van der Waals surface area contributed by atoms with Gasteiger partial charge in [-0.2, -0.15) is 4.31 Å². The van der Waals surface area contributed by atoms with E-state index in [0.717, 1.165) is 24.2 Å². The summed E-state index contributed by atoms with van der Waals surface area (Å²) in [6.45, 7) is 4.39. The molecule has 0 radical (unpaired) electrons. The van der Waals surface area contributed by atoms with Crippen LogP contribution >= 0.6 is 0 Å². The number of sulfonamides is 1. The van der Waals surface area contributed by atoms with E-state index in [9.17, 15) is 12.8 Å². The zero-order valence-electron chi connectivity index (χ0n) is 14.6. The molecule has 2 aromatic rings. The second-order valence-electron chi connectivity index (χ2n) is 6.39. The molecule has 0 aliphatic carbocycles. The first-order valence-corrected chi connectivity index (χ1v) is 9.93. The maximum atomic E-state index is 14.0. The average molecular weight is 362 g/mol. The highest BCUT2D eigenvalue weighted by molar-refractivity contribution is 7.89. The van der Waals surface area contributed by atoms with Gasteiger partial charge in [-0.3, -0.25) is 0 Å². The molecule has 1 fully saturated rings. The van der Waals surface area contributed by atoms with Crippen LogP contribution in [0.15, 0.2) is 47.4 Å². The fourth-order valence-electron chi connectivity index (χ4n) is 3.01. The maximum Gasteiger partial charge on any atom is 0.243 e. The van der Waals surface area contributed by atoms with Crippen LogP contribution in [0.2, 0.25) is 0 Å². The van der Waals surface area contributed by atoms with Crippen molar-refractivity contribution in [2.24, 2.45) is 0 Å². The molecule has 6 heteroatoms. The summed E-state index contributed by atoms with van der Waals surface area (Å²) in [5.74, 6) is -0.228. The Kier molecular flexibility index (Phi) is 5.22. The van der Waals surface area contributed by atoms with Gasteiger partial charge < -0.3 is 4.90 Å². The van der Waals surface area contributed by atoms with Crippen LogP contribution in [-0.4, -0.2) is 50.8 Å². The summed E-state index contributed by atoms with van der Waals surface area (Å²) in [6.07, 6.45) is 0.647. The van der Waals surface area contributed by atoms with Crippen molar-refractivity contribution in [1.29, 1.82) is 0 Å². The number of nitrogens with zero attached hydrogens (tertiary/aromatic N) is 2. The van der Waals surface area contributed by atoms with Gasteiger partial charge in [-0.05, 0) is 48.4 Å². The Balaban J connectivity index is 1.83. The summed E-state index contributed by atoms with van der Waals surface area (Å²) in [5.41, 5.74) is 2.23. The molecule has 134 valence electrons. The van der Waals surface area contributed by atoms with Gasteiger partial charge in [-0.15, -0.1) is 0 Å². The molecule has 0 unspecified atom stereocenters. The zero-order chi connectivity index (χ0) is 18.0. The van der Waals surface area contributed by atoms with Crippen LogP contribution in [0.3, 0.4) is 0 Å². The minimum absolute atomic E-state index is 0.228. The summed E-state index contributed by atoms with van der Waals surface area (Å²) in [6, 6.07) is 11.8. The number of rotatable bonds is 4. The first-order chi connectivity index (χ1) is 11.9. The average Bonchev–Trinajstić information content (AvgIpc) is 2.62. The van der Waals surface area contributed by atoms with Gasteiger partial charge in [0.15, 0.2) is 0 Å². The molecule has 0 spiro atoms. The van der Waals surface area contributed by atoms with Crippen molar-refractivity contribution in [1.82, 2.24) is 9.21 Å². The van der Waals surface area contributed by atoms with Crippen LogP contribution in [-0.2, 0) is 16.4 Å². The normalized spacial score (nSPS) is 16.9. The smallest absolute Gasteiger partial charge is 0.243 e. The lowest BCUT2D eigenvalue weighted by molar-refractivity contribution is 0.222. The highest BCUT2D eigenvalue weighted by Crippen LogP contribution is 2.25. The number of hydrogen-bond acceptors (Lipinski definition) is 3. The molecule has 1 heterocycles. The Morgan fingerprint density at radius 3 is 2.12 bits per heavy atom. The van der Waals surface area contributed by atoms with Gasteiger partial charge in [-0.1, -0.05) is 31.2 Å². The van der Waals surface area contributed by atoms with Gasteiger partial charge in [0, 0.05) is 26.2 Å². The third-order valence-electron chi connectivity index (χ3n) is 4.72. The summed E-state index contributed by atoms with van der Waals surface area (Å²) in [4.78, 5) is 2.40. The lowest BCUT2D eigenvalue weighted by atomic mass is 10.0. The summed E-state index contributed by atoms with van der Waals surface area (Å²) < 4.78 is 41.0. The van der Waals surface area contributed by atoms with E-state index < -0.39 is 10.0 Å². The van der Waals surface area contributed by atoms with E-state index in [0.29, 0.717) is 25.1 Å². The van der Waals surface area contributed by atoms with E-state index in [4.69, 9.17) is 0 Å². The molecule has 0 saturated carbocycles. The van der Waals surface area contributed by atoms with Gasteiger partial charge in [0.2, 0.25) is 10.0 Å². The summed E-state index contributed by atoms with van der Waals surface area (Å²) in [5, 5.41) is 0. The molecule has 0 bridgehead atoms. The topological polar surface area (TPSA) is 40.6 Å². The Labute approximate surface area is 148 Å². The Morgan fingerprint density at radius 2 is 1.56 bits per heavy atom. The number of halogens is 1. The number of aryl methyl sites for hydroxylation is 1. The van der Waals surface area contributed by atoms with Crippen molar-refractivity contribution in [3.8, 4) is 11.1 Å². The van der Waals surface area contributed by atoms with Crippen LogP contribution in [0.25, 0.3) is 11.1 Å². The van der Waals surface area contributed by atoms with Gasteiger partial charge in [0.25, 0.3) is 0 Å². The van der Waals surface area contributed by atoms with Crippen LogP contribution in [0.4, 0.5) is 4.39 Å². The molecular formula is C19H23FN2O2S. The summed E-state index contributed by atoms with van der Waals surface area (Å²) >= 11 is 0. The quantitative estimate of drug-likeness (QED) is 0.840. The molecule has 2 aromatic carbocycles. The second kappa shape index (κ2) is 7.23. The van der Waals surface area contributed by atoms with Gasteiger partial charge >= 0.3 is 0 Å². The molecule has 0 aromatic heterocycles. The molecule has 0 N–H and O–H groups in total. The van der Waals surface area contributed by atoms with Gasteiger partial charge in [0.05, 0.1) is 4.90 Å². The van der Waals surface area contributed by atoms with E-state index in [1.165, 1.54) is 10.4 Å². The fourth-order valence-corrected chi connectivity index (χ4v) is 4.43. The minimum Gasteiger partial charge on any atom is -0.304 e. The SMILES string of the molecule is CCc1ccc(-c2ccc(S(=O)(=O)N3CCN(C)CC3)cc2)cc1F. The van der Waals surface area contributed by atoms with Crippen molar-refractivity contribution in [2.45, 2.75) is 18.2 Å². The number of benzene rings is 2. The summed E-state index contributed by atoms with van der Waals surface area (Å²) in [7, 11) is -1.48. The predicted molar refractivity (Wildman–Crippen MR) is 97.5 cm³/mol. The Hall–Kier alpha value is -1.76. The fraction of sp³-hybridized carbons (Fsp3) is 0.368. The van der Waals surface area contributed by atoms with Gasteiger partial charge in [0.1, 0.15) is 5.82 Å². The lowest BCUT2D eigenvalue weighted by Gasteiger charge is -2.31. The molecule has 0 atom stereocenters. The molecule has 3 rings (SSSR count). The molecule has 0 amide bonds. The van der Waals surface area contributed by atoms with Crippen molar-refractivity contribution in [3.05, 3.63) is 53.8 Å². The number of piperazine rings is 1. The molecule has 1 aliphatic heterocycles. The third-order valence-corrected chi connectivity index (χ3v) is 6.63. The number of likely N-dealkylation sites (N-methyl/N-ethyl adjacent to an activating group) is 1. The van der Waals surface area contributed by atoms with E-state index in [-0.39, 0.29) is 10.7 Å². The highest BCUT2D eigenvalue weighted by atomic mass is 32.2. The molecule has 1 saturated heterocycles.